The lowest BCUT2D eigenvalue weighted by Gasteiger charge is -2.19. The monoisotopic (exact) mass is 276 g/mol. The van der Waals surface area contributed by atoms with E-state index in [1.165, 1.54) is 10.5 Å². The van der Waals surface area contributed by atoms with Crippen molar-refractivity contribution in [3.8, 4) is 0 Å². The lowest BCUT2D eigenvalue weighted by molar-refractivity contribution is 0.521. The van der Waals surface area contributed by atoms with E-state index in [4.69, 9.17) is 0 Å². The van der Waals surface area contributed by atoms with E-state index in [-0.39, 0.29) is 6.04 Å². The molecule has 0 amide bonds. The van der Waals surface area contributed by atoms with Crippen LogP contribution in [0.4, 0.5) is 0 Å². The van der Waals surface area contributed by atoms with Gasteiger partial charge in [-0.2, -0.15) is 0 Å². The highest BCUT2D eigenvalue weighted by Gasteiger charge is 2.19. The Kier molecular flexibility index (Phi) is 4.99. The van der Waals surface area contributed by atoms with Crippen LogP contribution >= 0.6 is 11.8 Å². The maximum Gasteiger partial charge on any atom is 0.0802 e. The summed E-state index contributed by atoms with van der Waals surface area (Å²) in [5.41, 5.74) is 2.39. The molecule has 0 aliphatic carbocycles. The second kappa shape index (κ2) is 6.73. The van der Waals surface area contributed by atoms with Crippen molar-refractivity contribution >= 4 is 11.8 Å². The van der Waals surface area contributed by atoms with Gasteiger partial charge in [-0.25, -0.2) is 4.68 Å². The third-order valence-electron chi connectivity index (χ3n) is 3.12. The molecule has 0 aliphatic rings. The Morgan fingerprint density at radius 3 is 2.84 bits per heavy atom. The van der Waals surface area contributed by atoms with Crippen molar-refractivity contribution in [2.24, 2.45) is 0 Å². The van der Waals surface area contributed by atoms with Crippen molar-refractivity contribution in [1.29, 1.82) is 0 Å². The summed E-state index contributed by atoms with van der Waals surface area (Å²) >= 11 is 1.77. The number of aromatic nitrogens is 3. The molecule has 0 saturated heterocycles. The third-order valence-corrected chi connectivity index (χ3v) is 3.93. The average Bonchev–Trinajstić information content (AvgIpc) is 2.89. The standard InChI is InChI=1S/C14H20N4S/c1-4-9-18-12(10-16-17-18)14(15-2)11-7-5-6-8-13(11)19-3/h5-8,10,14-15H,4,9H2,1-3H3. The Balaban J connectivity index is 2.41. The summed E-state index contributed by atoms with van der Waals surface area (Å²) in [6.45, 7) is 3.05. The molecule has 102 valence electrons. The number of hydrogen-bond donors (Lipinski definition) is 1. The highest BCUT2D eigenvalue weighted by atomic mass is 32.2. The highest BCUT2D eigenvalue weighted by molar-refractivity contribution is 7.98. The van der Waals surface area contributed by atoms with Crippen LogP contribution in [-0.2, 0) is 6.54 Å². The quantitative estimate of drug-likeness (QED) is 0.824. The number of thioether (sulfide) groups is 1. The Labute approximate surface area is 118 Å². The summed E-state index contributed by atoms with van der Waals surface area (Å²) in [4.78, 5) is 1.28. The molecule has 2 rings (SSSR count). The van der Waals surface area contributed by atoms with Crippen LogP contribution in [0.2, 0.25) is 0 Å². The molecule has 0 saturated carbocycles. The van der Waals surface area contributed by atoms with Gasteiger partial charge in [0.25, 0.3) is 0 Å². The molecule has 19 heavy (non-hydrogen) atoms. The molecular weight excluding hydrogens is 256 g/mol. The van der Waals surface area contributed by atoms with Gasteiger partial charge in [0.05, 0.1) is 17.9 Å². The number of benzene rings is 1. The van der Waals surface area contributed by atoms with Gasteiger partial charge in [0, 0.05) is 11.4 Å². The van der Waals surface area contributed by atoms with Crippen molar-refractivity contribution < 1.29 is 0 Å². The normalized spacial score (nSPS) is 12.6. The number of hydrogen-bond acceptors (Lipinski definition) is 4. The van der Waals surface area contributed by atoms with Gasteiger partial charge in [-0.3, -0.25) is 0 Å². The topological polar surface area (TPSA) is 42.7 Å². The minimum Gasteiger partial charge on any atom is -0.308 e. The lowest BCUT2D eigenvalue weighted by Crippen LogP contribution is -2.22. The predicted molar refractivity (Wildman–Crippen MR) is 79.4 cm³/mol. The van der Waals surface area contributed by atoms with E-state index >= 15 is 0 Å². The van der Waals surface area contributed by atoms with Crippen molar-refractivity contribution in [2.75, 3.05) is 13.3 Å². The molecule has 2 aromatic rings. The van der Waals surface area contributed by atoms with Gasteiger partial charge in [-0.15, -0.1) is 16.9 Å². The molecule has 1 atom stereocenters. The van der Waals surface area contributed by atoms with Crippen LogP contribution in [-0.4, -0.2) is 28.3 Å². The lowest BCUT2D eigenvalue weighted by atomic mass is 10.0. The van der Waals surface area contributed by atoms with Gasteiger partial charge in [-0.1, -0.05) is 30.3 Å². The Morgan fingerprint density at radius 1 is 1.37 bits per heavy atom. The van der Waals surface area contributed by atoms with Crippen molar-refractivity contribution in [2.45, 2.75) is 30.8 Å². The molecule has 5 heteroatoms. The molecule has 1 heterocycles. The van der Waals surface area contributed by atoms with E-state index < -0.39 is 0 Å². The highest BCUT2D eigenvalue weighted by Crippen LogP contribution is 2.29. The first-order valence-corrected chi connectivity index (χ1v) is 7.72. The molecular formula is C14H20N4S. The number of rotatable bonds is 6. The predicted octanol–water partition coefficient (Wildman–Crippen LogP) is 2.72. The summed E-state index contributed by atoms with van der Waals surface area (Å²) in [7, 11) is 1.98. The fraction of sp³-hybridized carbons (Fsp3) is 0.429. The molecule has 1 unspecified atom stereocenters. The second-order valence-electron chi connectivity index (χ2n) is 4.35. The van der Waals surface area contributed by atoms with Crippen LogP contribution in [0.1, 0.15) is 30.6 Å². The Morgan fingerprint density at radius 2 is 2.16 bits per heavy atom. The van der Waals surface area contributed by atoms with E-state index in [1.54, 1.807) is 11.8 Å². The maximum absolute atomic E-state index is 4.18. The minimum absolute atomic E-state index is 0.130. The van der Waals surface area contributed by atoms with E-state index in [2.05, 4.69) is 53.1 Å². The number of nitrogens with one attached hydrogen (secondary N) is 1. The fourth-order valence-corrected chi connectivity index (χ4v) is 2.88. The summed E-state index contributed by atoms with van der Waals surface area (Å²) in [6, 6.07) is 8.59. The first-order valence-electron chi connectivity index (χ1n) is 6.50. The van der Waals surface area contributed by atoms with Gasteiger partial charge in [0.15, 0.2) is 0 Å². The van der Waals surface area contributed by atoms with Gasteiger partial charge < -0.3 is 5.32 Å². The van der Waals surface area contributed by atoms with Crippen molar-refractivity contribution in [3.05, 3.63) is 41.7 Å². The van der Waals surface area contributed by atoms with Crippen LogP contribution in [0.5, 0.6) is 0 Å². The van der Waals surface area contributed by atoms with Crippen LogP contribution in [0.3, 0.4) is 0 Å². The van der Waals surface area contributed by atoms with Gasteiger partial charge >= 0.3 is 0 Å². The molecule has 0 radical (unpaired) electrons. The average molecular weight is 276 g/mol. The number of aryl methyl sites for hydroxylation is 1. The van der Waals surface area contributed by atoms with Crippen LogP contribution in [0.25, 0.3) is 0 Å². The molecule has 4 nitrogen and oxygen atoms in total. The van der Waals surface area contributed by atoms with Gasteiger partial charge in [0.2, 0.25) is 0 Å². The molecule has 0 spiro atoms. The molecule has 1 N–H and O–H groups in total. The van der Waals surface area contributed by atoms with E-state index in [0.717, 1.165) is 18.7 Å². The Hall–Kier alpha value is -1.33. The zero-order chi connectivity index (χ0) is 13.7. The Bertz CT molecular complexity index is 524. The van der Waals surface area contributed by atoms with E-state index in [1.807, 2.05) is 17.9 Å². The molecule has 0 fully saturated rings. The summed E-state index contributed by atoms with van der Waals surface area (Å²) in [5.74, 6) is 0. The molecule has 1 aromatic heterocycles. The van der Waals surface area contributed by atoms with Crippen molar-refractivity contribution in [1.82, 2.24) is 20.3 Å². The summed E-state index contributed by atoms with van der Waals surface area (Å²) in [6.07, 6.45) is 5.01. The molecule has 0 bridgehead atoms. The van der Waals surface area contributed by atoms with Crippen LogP contribution < -0.4 is 5.32 Å². The van der Waals surface area contributed by atoms with E-state index in [9.17, 15) is 0 Å². The smallest absolute Gasteiger partial charge is 0.0802 e. The summed E-state index contributed by atoms with van der Waals surface area (Å²) in [5, 5.41) is 11.6. The van der Waals surface area contributed by atoms with Crippen molar-refractivity contribution in [3.63, 3.8) is 0 Å². The van der Waals surface area contributed by atoms with E-state index in [0.29, 0.717) is 0 Å². The van der Waals surface area contributed by atoms with Crippen LogP contribution in [0.15, 0.2) is 35.4 Å². The third kappa shape index (κ3) is 2.98. The first kappa shape index (κ1) is 14.1. The zero-order valence-corrected chi connectivity index (χ0v) is 12.4. The maximum atomic E-state index is 4.18. The molecule has 0 aliphatic heterocycles. The summed E-state index contributed by atoms with van der Waals surface area (Å²) < 4.78 is 1.98. The molecule has 1 aromatic carbocycles. The number of nitrogens with zero attached hydrogens (tertiary/aromatic N) is 3. The van der Waals surface area contributed by atoms with Gasteiger partial charge in [-0.05, 0) is 31.4 Å². The zero-order valence-electron chi connectivity index (χ0n) is 11.6. The first-order chi connectivity index (χ1) is 9.31. The van der Waals surface area contributed by atoms with Gasteiger partial charge in [0.1, 0.15) is 0 Å². The SMILES string of the molecule is CCCn1nncc1C(NC)c1ccccc1SC. The van der Waals surface area contributed by atoms with Crippen LogP contribution in [0, 0.1) is 0 Å². The largest absolute Gasteiger partial charge is 0.308 e. The fourth-order valence-electron chi connectivity index (χ4n) is 2.24. The second-order valence-corrected chi connectivity index (χ2v) is 5.19. The minimum atomic E-state index is 0.130.